The largest absolute Gasteiger partial charge is 0.352 e. The molecule has 1 aliphatic carbocycles. The number of para-hydroxylation sites is 1. The Balaban J connectivity index is 1.52. The number of nitrogens with two attached hydrogens (primary N) is 1. The molecule has 3 rings (SSSR count). The predicted octanol–water partition coefficient (Wildman–Crippen LogP) is 3.76. The maximum absolute atomic E-state index is 12.3. The molecule has 0 unspecified atom stereocenters. The van der Waals surface area contributed by atoms with Crippen LogP contribution in [-0.2, 0) is 10.2 Å². The number of amides is 2. The Morgan fingerprint density at radius 1 is 1.11 bits per heavy atom. The summed E-state index contributed by atoms with van der Waals surface area (Å²) < 4.78 is 1.07. The number of hydrogen-bond donors (Lipinski definition) is 2. The molecule has 28 heavy (non-hydrogen) atoms. The molecule has 1 fully saturated rings. The topological polar surface area (TPSA) is 75.4 Å². The van der Waals surface area contributed by atoms with Crippen LogP contribution in [0.25, 0.3) is 0 Å². The lowest BCUT2D eigenvalue weighted by Crippen LogP contribution is -2.45. The highest BCUT2D eigenvalue weighted by molar-refractivity contribution is 6.36. The van der Waals surface area contributed by atoms with E-state index < -0.39 is 0 Å². The summed E-state index contributed by atoms with van der Waals surface area (Å²) in [6.45, 7) is 4.32. The molecule has 2 aromatic carbocycles. The van der Waals surface area contributed by atoms with E-state index in [1.807, 2.05) is 44.2 Å². The van der Waals surface area contributed by atoms with Crippen LogP contribution in [0.15, 0.2) is 54.6 Å². The van der Waals surface area contributed by atoms with Crippen molar-refractivity contribution < 1.29 is 9.59 Å². The normalized spacial score (nSPS) is 15.0. The molecule has 0 bridgehead atoms. The first-order valence-electron chi connectivity index (χ1n) is 9.46. The number of benzene rings is 2. The third kappa shape index (κ3) is 4.21. The number of nitrogens with zero attached hydrogens (tertiary/aromatic N) is 1. The van der Waals surface area contributed by atoms with Crippen molar-refractivity contribution in [3.63, 3.8) is 0 Å². The van der Waals surface area contributed by atoms with E-state index >= 15 is 0 Å². The van der Waals surface area contributed by atoms with Crippen LogP contribution in [-0.4, -0.2) is 23.9 Å². The predicted molar refractivity (Wildman–Crippen MR) is 112 cm³/mol. The van der Waals surface area contributed by atoms with Gasteiger partial charge < -0.3 is 11.1 Å². The van der Waals surface area contributed by atoms with Gasteiger partial charge >= 0.3 is 0 Å². The molecule has 3 N–H and O–H groups in total. The summed E-state index contributed by atoms with van der Waals surface area (Å²) in [7, 11) is 0. The number of rotatable bonds is 7. The summed E-state index contributed by atoms with van der Waals surface area (Å²) in [5.41, 5.74) is 8.40. The molecule has 0 aromatic heterocycles. The maximum Gasteiger partial charge on any atom is 0.251 e. The summed E-state index contributed by atoms with van der Waals surface area (Å²) in [4.78, 5) is 24.5. The van der Waals surface area contributed by atoms with Gasteiger partial charge in [-0.1, -0.05) is 30.3 Å². The third-order valence-electron chi connectivity index (χ3n) is 5.51. The number of carbonyl (C=O) groups excluding carboxylic acids is 2. The first-order chi connectivity index (χ1) is 13.2. The van der Waals surface area contributed by atoms with Crippen molar-refractivity contribution in [1.82, 2.24) is 5.32 Å². The molecule has 1 saturated carbocycles. The van der Waals surface area contributed by atoms with Crippen molar-refractivity contribution >= 4 is 29.3 Å². The summed E-state index contributed by atoms with van der Waals surface area (Å²) in [6, 6.07) is 16.6. The average molecular weight is 400 g/mol. The molecule has 0 atom stereocenters. The van der Waals surface area contributed by atoms with E-state index in [1.54, 1.807) is 24.3 Å². The number of carbonyl (C=O) groups is 2. The van der Waals surface area contributed by atoms with Crippen molar-refractivity contribution in [2.24, 2.45) is 5.73 Å². The van der Waals surface area contributed by atoms with Crippen molar-refractivity contribution in [2.45, 2.75) is 44.1 Å². The Bertz CT molecular complexity index is 840. The van der Waals surface area contributed by atoms with Crippen LogP contribution in [0.4, 0.5) is 5.69 Å². The van der Waals surface area contributed by atoms with Gasteiger partial charge in [-0.25, -0.2) is 4.42 Å². The highest BCUT2D eigenvalue weighted by Gasteiger charge is 2.53. The van der Waals surface area contributed by atoms with E-state index in [1.165, 1.54) is 5.56 Å². The molecule has 0 heterocycles. The van der Waals surface area contributed by atoms with E-state index in [4.69, 9.17) is 17.5 Å². The summed E-state index contributed by atoms with van der Waals surface area (Å²) >= 11 is 6.05. The zero-order valence-electron chi connectivity index (χ0n) is 16.2. The average Bonchev–Trinajstić information content (AvgIpc) is 3.50. The van der Waals surface area contributed by atoms with E-state index in [-0.39, 0.29) is 35.7 Å². The van der Waals surface area contributed by atoms with Crippen molar-refractivity contribution in [3.05, 3.63) is 65.7 Å². The molecule has 148 valence electrons. The molecule has 2 aromatic rings. The molecule has 2 amide bonds. The van der Waals surface area contributed by atoms with Gasteiger partial charge in [0.25, 0.3) is 5.91 Å². The summed E-state index contributed by atoms with van der Waals surface area (Å²) in [6.07, 6.45) is 2.26. The van der Waals surface area contributed by atoms with Gasteiger partial charge in [-0.3, -0.25) is 9.59 Å². The quantitative estimate of drug-likeness (QED) is 0.696. The van der Waals surface area contributed by atoms with Crippen LogP contribution in [0.2, 0.25) is 0 Å². The highest BCUT2D eigenvalue weighted by Crippen LogP contribution is 2.54. The smallest absolute Gasteiger partial charge is 0.251 e. The standard InChI is InChI=1S/C22H26ClN3O2/c1-21(2,24)22(13-14-22)17-10-8-16(9-11-17)20(28)25-15-12-19(27)26(23)18-6-4-3-5-7-18/h3-11H,12-15,24H2,1-2H3,(H,25,28). The molecular formula is C22H26ClN3O2. The lowest BCUT2D eigenvalue weighted by Gasteiger charge is -2.31. The van der Waals surface area contributed by atoms with Gasteiger partial charge in [-0.15, -0.1) is 0 Å². The SMILES string of the molecule is CC(C)(N)C1(c2ccc(C(=O)NCCC(=O)N(Cl)c3ccccc3)cc2)CC1. The Kier molecular flexibility index (Phi) is 5.77. The highest BCUT2D eigenvalue weighted by atomic mass is 35.5. The Labute approximate surface area is 171 Å². The Morgan fingerprint density at radius 3 is 2.25 bits per heavy atom. The van der Waals surface area contributed by atoms with E-state index in [0.717, 1.165) is 17.3 Å². The number of anilines is 1. The molecule has 0 radical (unpaired) electrons. The molecule has 5 nitrogen and oxygen atoms in total. The van der Waals surface area contributed by atoms with Gasteiger partial charge in [0.1, 0.15) is 0 Å². The zero-order valence-corrected chi connectivity index (χ0v) is 17.0. The summed E-state index contributed by atoms with van der Waals surface area (Å²) in [5.74, 6) is -0.485. The fourth-order valence-corrected chi connectivity index (χ4v) is 3.75. The lowest BCUT2D eigenvalue weighted by molar-refractivity contribution is -0.117. The molecule has 1 aliphatic rings. The molecular weight excluding hydrogens is 374 g/mol. The second kappa shape index (κ2) is 7.94. The Morgan fingerprint density at radius 2 is 1.71 bits per heavy atom. The number of hydrogen-bond acceptors (Lipinski definition) is 3. The first kappa shape index (κ1) is 20.4. The van der Waals surface area contributed by atoms with Gasteiger partial charge in [0.2, 0.25) is 5.91 Å². The minimum Gasteiger partial charge on any atom is -0.352 e. The second-order valence-corrected chi connectivity index (χ2v) is 8.24. The molecule has 6 heteroatoms. The lowest BCUT2D eigenvalue weighted by atomic mass is 9.79. The number of halogens is 1. The maximum atomic E-state index is 12.3. The molecule has 0 saturated heterocycles. The monoisotopic (exact) mass is 399 g/mol. The minimum atomic E-state index is -0.288. The van der Waals surface area contributed by atoms with Crippen molar-refractivity contribution in [1.29, 1.82) is 0 Å². The van der Waals surface area contributed by atoms with Crippen LogP contribution >= 0.6 is 11.8 Å². The summed E-state index contributed by atoms with van der Waals surface area (Å²) in [5, 5.41) is 2.77. The van der Waals surface area contributed by atoms with Crippen molar-refractivity contribution in [3.8, 4) is 0 Å². The van der Waals surface area contributed by atoms with Gasteiger partial charge in [0.05, 0.1) is 5.69 Å². The van der Waals surface area contributed by atoms with E-state index in [0.29, 0.717) is 11.3 Å². The molecule has 0 spiro atoms. The minimum absolute atomic E-state index is 0.00959. The van der Waals surface area contributed by atoms with Crippen LogP contribution in [0.5, 0.6) is 0 Å². The fraction of sp³-hybridized carbons (Fsp3) is 0.364. The van der Waals surface area contributed by atoms with E-state index in [2.05, 4.69) is 5.32 Å². The van der Waals surface area contributed by atoms with Crippen molar-refractivity contribution in [2.75, 3.05) is 11.0 Å². The molecule has 0 aliphatic heterocycles. The van der Waals surface area contributed by atoms with Gasteiger partial charge in [0.15, 0.2) is 0 Å². The van der Waals surface area contributed by atoms with E-state index in [9.17, 15) is 9.59 Å². The number of nitrogens with one attached hydrogen (secondary N) is 1. The van der Waals surface area contributed by atoms with Crippen LogP contribution in [0.3, 0.4) is 0 Å². The first-order valence-corrected chi connectivity index (χ1v) is 9.80. The van der Waals surface area contributed by atoms with Crippen LogP contribution in [0, 0.1) is 0 Å². The van der Waals surface area contributed by atoms with Crippen LogP contribution in [0.1, 0.15) is 49.0 Å². The zero-order chi connectivity index (χ0) is 20.4. The van der Waals surface area contributed by atoms with Gasteiger partial charge in [-0.05, 0) is 56.5 Å². The van der Waals surface area contributed by atoms with Crippen LogP contribution < -0.4 is 15.5 Å². The second-order valence-electron chi connectivity index (χ2n) is 7.90. The fourth-order valence-electron chi connectivity index (χ4n) is 3.56. The van der Waals surface area contributed by atoms with Gasteiger partial charge in [-0.2, -0.15) is 0 Å². The Hall–Kier alpha value is -2.37. The third-order valence-corrected chi connectivity index (χ3v) is 5.89. The van der Waals surface area contributed by atoms with Gasteiger partial charge in [0, 0.05) is 41.3 Å².